The third kappa shape index (κ3) is 4.46. The van der Waals surface area contributed by atoms with Crippen LogP contribution in [0.5, 0.6) is 0 Å². The molecule has 0 aliphatic carbocycles. The van der Waals surface area contributed by atoms with Crippen molar-refractivity contribution in [1.82, 2.24) is 5.32 Å². The Balaban J connectivity index is 1.95. The number of hydrogen-bond acceptors (Lipinski definition) is 2. The van der Waals surface area contributed by atoms with E-state index in [0.29, 0.717) is 6.04 Å². The molecule has 0 saturated heterocycles. The second kappa shape index (κ2) is 7.61. The Labute approximate surface area is 127 Å². The highest BCUT2D eigenvalue weighted by molar-refractivity contribution is 7.09. The molecule has 0 aliphatic rings. The maximum absolute atomic E-state index is 3.63. The number of rotatable bonds is 7. The molecule has 1 nitrogen and oxygen atoms in total. The van der Waals surface area contributed by atoms with Crippen molar-refractivity contribution in [2.45, 2.75) is 46.1 Å². The van der Waals surface area contributed by atoms with Gasteiger partial charge in [0.15, 0.2) is 0 Å². The van der Waals surface area contributed by atoms with Gasteiger partial charge in [-0.2, -0.15) is 0 Å². The molecule has 1 N–H and O–H groups in total. The Morgan fingerprint density at radius 2 is 2.00 bits per heavy atom. The highest BCUT2D eigenvalue weighted by Crippen LogP contribution is 2.16. The smallest absolute Gasteiger partial charge is 0.0111 e. The van der Waals surface area contributed by atoms with Crippen LogP contribution in [-0.4, -0.2) is 12.6 Å². The first-order valence-corrected chi connectivity index (χ1v) is 8.39. The predicted octanol–water partition coefficient (Wildman–Crippen LogP) is 4.52. The van der Waals surface area contributed by atoms with Crippen LogP contribution in [0.3, 0.4) is 0 Å². The highest BCUT2D eigenvalue weighted by Gasteiger charge is 2.09. The summed E-state index contributed by atoms with van der Waals surface area (Å²) in [5.74, 6) is 0. The van der Waals surface area contributed by atoms with E-state index >= 15 is 0 Å². The fourth-order valence-electron chi connectivity index (χ4n) is 2.55. The van der Waals surface area contributed by atoms with E-state index in [1.807, 2.05) is 11.3 Å². The van der Waals surface area contributed by atoms with Gasteiger partial charge >= 0.3 is 0 Å². The lowest BCUT2D eigenvalue weighted by molar-refractivity contribution is 0.492. The average molecular weight is 287 g/mol. The number of thiophene rings is 1. The number of hydrogen-bond donors (Lipinski definition) is 1. The van der Waals surface area contributed by atoms with Gasteiger partial charge in [-0.3, -0.25) is 0 Å². The molecule has 0 bridgehead atoms. The Kier molecular flexibility index (Phi) is 5.81. The van der Waals surface area contributed by atoms with Gasteiger partial charge in [-0.25, -0.2) is 0 Å². The van der Waals surface area contributed by atoms with Crippen LogP contribution in [-0.2, 0) is 12.8 Å². The van der Waals surface area contributed by atoms with E-state index in [2.05, 4.69) is 61.8 Å². The average Bonchev–Trinajstić information content (AvgIpc) is 2.94. The molecular formula is C18H25NS. The van der Waals surface area contributed by atoms with Crippen molar-refractivity contribution in [1.29, 1.82) is 0 Å². The van der Waals surface area contributed by atoms with E-state index in [1.54, 1.807) is 0 Å². The summed E-state index contributed by atoms with van der Waals surface area (Å²) >= 11 is 1.87. The minimum Gasteiger partial charge on any atom is -0.314 e. The maximum atomic E-state index is 3.63. The lowest BCUT2D eigenvalue weighted by Gasteiger charge is -2.18. The summed E-state index contributed by atoms with van der Waals surface area (Å²) in [7, 11) is 0. The fraction of sp³-hybridized carbons (Fsp3) is 0.444. The molecule has 2 heteroatoms. The Morgan fingerprint density at radius 3 is 2.65 bits per heavy atom. The number of likely N-dealkylation sites (N-methyl/N-ethyl adjacent to an activating group) is 1. The molecule has 20 heavy (non-hydrogen) atoms. The first kappa shape index (κ1) is 15.3. The molecule has 0 saturated carbocycles. The normalized spacial score (nSPS) is 12.6. The molecule has 0 amide bonds. The zero-order valence-electron chi connectivity index (χ0n) is 12.8. The number of aryl methyl sites for hydroxylation is 3. The second-order valence-corrected chi connectivity index (χ2v) is 6.53. The largest absolute Gasteiger partial charge is 0.314 e. The first-order valence-electron chi connectivity index (χ1n) is 7.51. The summed E-state index contributed by atoms with van der Waals surface area (Å²) in [5.41, 5.74) is 4.23. The molecule has 0 aliphatic heterocycles. The van der Waals surface area contributed by atoms with E-state index in [1.165, 1.54) is 34.4 Å². The topological polar surface area (TPSA) is 12.0 Å². The third-order valence-electron chi connectivity index (χ3n) is 3.87. The molecule has 2 aromatic rings. The van der Waals surface area contributed by atoms with Gasteiger partial charge in [0.25, 0.3) is 0 Å². The number of benzene rings is 1. The van der Waals surface area contributed by atoms with Gasteiger partial charge in [0.05, 0.1) is 0 Å². The summed E-state index contributed by atoms with van der Waals surface area (Å²) in [4.78, 5) is 1.49. The SMILES string of the molecule is CCNC(CCc1cccs1)Cc1ccc(C)c(C)c1. The van der Waals surface area contributed by atoms with Crippen LogP contribution in [0.2, 0.25) is 0 Å². The molecule has 2 rings (SSSR count). The molecular weight excluding hydrogens is 262 g/mol. The molecule has 1 heterocycles. The molecule has 1 unspecified atom stereocenters. The summed E-state index contributed by atoms with van der Waals surface area (Å²) in [5, 5.41) is 5.80. The minimum atomic E-state index is 0.573. The zero-order valence-corrected chi connectivity index (χ0v) is 13.6. The summed E-state index contributed by atoms with van der Waals surface area (Å²) < 4.78 is 0. The van der Waals surface area contributed by atoms with Crippen molar-refractivity contribution in [2.75, 3.05) is 6.54 Å². The van der Waals surface area contributed by atoms with Crippen LogP contribution in [0, 0.1) is 13.8 Å². The standard InChI is InChI=1S/C18H25NS/c1-4-19-17(9-10-18-6-5-11-20-18)13-16-8-7-14(2)15(3)12-16/h5-8,11-12,17,19H,4,9-10,13H2,1-3H3. The van der Waals surface area contributed by atoms with Gasteiger partial charge < -0.3 is 5.32 Å². The van der Waals surface area contributed by atoms with Crippen LogP contribution >= 0.6 is 11.3 Å². The van der Waals surface area contributed by atoms with Crippen molar-refractivity contribution >= 4 is 11.3 Å². The lowest BCUT2D eigenvalue weighted by Crippen LogP contribution is -2.31. The first-order chi connectivity index (χ1) is 9.69. The van der Waals surface area contributed by atoms with Gasteiger partial charge in [-0.15, -0.1) is 11.3 Å². The van der Waals surface area contributed by atoms with Crippen molar-refractivity contribution in [3.63, 3.8) is 0 Å². The van der Waals surface area contributed by atoms with Gasteiger partial charge in [0.2, 0.25) is 0 Å². The van der Waals surface area contributed by atoms with Crippen LogP contribution in [0.25, 0.3) is 0 Å². The van der Waals surface area contributed by atoms with E-state index in [-0.39, 0.29) is 0 Å². The van der Waals surface area contributed by atoms with Gasteiger partial charge in [0, 0.05) is 10.9 Å². The van der Waals surface area contributed by atoms with Crippen molar-refractivity contribution in [3.8, 4) is 0 Å². The van der Waals surface area contributed by atoms with Crippen molar-refractivity contribution in [2.24, 2.45) is 0 Å². The van der Waals surface area contributed by atoms with E-state index in [4.69, 9.17) is 0 Å². The van der Waals surface area contributed by atoms with Gasteiger partial charge in [-0.05, 0) is 67.8 Å². The van der Waals surface area contributed by atoms with E-state index in [9.17, 15) is 0 Å². The van der Waals surface area contributed by atoms with E-state index in [0.717, 1.165) is 13.0 Å². The zero-order chi connectivity index (χ0) is 14.4. The molecule has 1 aromatic heterocycles. The minimum absolute atomic E-state index is 0.573. The lowest BCUT2D eigenvalue weighted by atomic mass is 9.98. The maximum Gasteiger partial charge on any atom is 0.0111 e. The Bertz CT molecular complexity index is 516. The molecule has 0 spiro atoms. The van der Waals surface area contributed by atoms with Gasteiger partial charge in [-0.1, -0.05) is 31.2 Å². The van der Waals surface area contributed by atoms with Crippen LogP contribution in [0.4, 0.5) is 0 Å². The summed E-state index contributed by atoms with van der Waals surface area (Å²) in [6.07, 6.45) is 3.52. The quantitative estimate of drug-likeness (QED) is 0.789. The van der Waals surface area contributed by atoms with Crippen LogP contribution in [0.1, 0.15) is 34.9 Å². The molecule has 0 radical (unpaired) electrons. The highest BCUT2D eigenvalue weighted by atomic mass is 32.1. The number of nitrogens with one attached hydrogen (secondary N) is 1. The monoisotopic (exact) mass is 287 g/mol. The molecule has 108 valence electrons. The Hall–Kier alpha value is -1.12. The summed E-state index contributed by atoms with van der Waals surface area (Å²) in [6.45, 7) is 7.61. The Morgan fingerprint density at radius 1 is 1.15 bits per heavy atom. The fourth-order valence-corrected chi connectivity index (χ4v) is 3.28. The predicted molar refractivity (Wildman–Crippen MR) is 89.7 cm³/mol. The molecule has 0 fully saturated rings. The molecule has 1 atom stereocenters. The van der Waals surface area contributed by atoms with Crippen molar-refractivity contribution in [3.05, 3.63) is 57.3 Å². The third-order valence-corrected chi connectivity index (χ3v) is 4.80. The second-order valence-electron chi connectivity index (χ2n) is 5.50. The summed E-state index contributed by atoms with van der Waals surface area (Å²) in [6, 6.07) is 11.8. The van der Waals surface area contributed by atoms with Crippen molar-refractivity contribution < 1.29 is 0 Å². The van der Waals surface area contributed by atoms with Crippen LogP contribution < -0.4 is 5.32 Å². The molecule has 1 aromatic carbocycles. The van der Waals surface area contributed by atoms with Gasteiger partial charge in [0.1, 0.15) is 0 Å². The van der Waals surface area contributed by atoms with E-state index < -0.39 is 0 Å². The van der Waals surface area contributed by atoms with Crippen LogP contribution in [0.15, 0.2) is 35.7 Å².